The normalized spacial score (nSPS) is 15.1. The van der Waals surface area contributed by atoms with Gasteiger partial charge in [-0.15, -0.1) is 0 Å². The first kappa shape index (κ1) is 12.2. The van der Waals surface area contributed by atoms with Crippen molar-refractivity contribution in [1.29, 1.82) is 0 Å². The van der Waals surface area contributed by atoms with Crippen LogP contribution in [0.1, 0.15) is 36.2 Å². The molecule has 1 N–H and O–H groups in total. The quantitative estimate of drug-likeness (QED) is 0.901. The zero-order valence-electron chi connectivity index (χ0n) is 11.0. The van der Waals surface area contributed by atoms with Crippen LogP contribution in [-0.2, 0) is 12.8 Å². The first-order chi connectivity index (χ1) is 9.24. The number of nitrogens with one attached hydrogen (secondary N) is 1. The molecule has 1 aliphatic carbocycles. The van der Waals surface area contributed by atoms with Crippen LogP contribution in [0.4, 0.5) is 10.2 Å². The molecule has 3 heteroatoms. The fourth-order valence-electron chi connectivity index (χ4n) is 2.63. The van der Waals surface area contributed by atoms with E-state index in [1.165, 1.54) is 23.7 Å². The number of aryl methyl sites for hydroxylation is 2. The first-order valence-corrected chi connectivity index (χ1v) is 6.74. The topological polar surface area (TPSA) is 24.9 Å². The molecular weight excluding hydrogens is 239 g/mol. The molecule has 0 bridgehead atoms. The molecule has 1 heterocycles. The highest BCUT2D eigenvalue weighted by Gasteiger charge is 2.14. The molecule has 0 fully saturated rings. The van der Waals surface area contributed by atoms with E-state index >= 15 is 0 Å². The van der Waals surface area contributed by atoms with E-state index in [4.69, 9.17) is 0 Å². The highest BCUT2D eigenvalue weighted by Crippen LogP contribution is 2.24. The van der Waals surface area contributed by atoms with Crippen molar-refractivity contribution in [3.8, 4) is 0 Å². The van der Waals surface area contributed by atoms with Gasteiger partial charge in [-0.25, -0.2) is 9.37 Å². The van der Waals surface area contributed by atoms with Crippen molar-refractivity contribution in [2.24, 2.45) is 0 Å². The van der Waals surface area contributed by atoms with Crippen LogP contribution in [0, 0.1) is 5.82 Å². The summed E-state index contributed by atoms with van der Waals surface area (Å²) in [5.74, 6) is 0.653. The second-order valence-electron chi connectivity index (χ2n) is 5.04. The van der Waals surface area contributed by atoms with E-state index in [1.807, 2.05) is 19.1 Å². The van der Waals surface area contributed by atoms with Crippen LogP contribution in [0.25, 0.3) is 0 Å². The van der Waals surface area contributed by atoms with Gasteiger partial charge in [-0.3, -0.25) is 0 Å². The van der Waals surface area contributed by atoms with E-state index in [0.717, 1.165) is 18.7 Å². The fourth-order valence-corrected chi connectivity index (χ4v) is 2.63. The van der Waals surface area contributed by atoms with Gasteiger partial charge in [0.15, 0.2) is 0 Å². The monoisotopic (exact) mass is 256 g/mol. The Morgan fingerprint density at radius 2 is 2.00 bits per heavy atom. The molecule has 3 rings (SSSR count). The number of fused-ring (bicyclic) bond motifs is 1. The summed E-state index contributed by atoms with van der Waals surface area (Å²) >= 11 is 0. The Kier molecular flexibility index (Phi) is 3.20. The molecule has 19 heavy (non-hydrogen) atoms. The van der Waals surface area contributed by atoms with Gasteiger partial charge >= 0.3 is 0 Å². The summed E-state index contributed by atoms with van der Waals surface area (Å²) in [7, 11) is 0. The second kappa shape index (κ2) is 5.00. The van der Waals surface area contributed by atoms with Crippen LogP contribution in [-0.4, -0.2) is 4.98 Å². The molecule has 1 aromatic carbocycles. The lowest BCUT2D eigenvalue weighted by Gasteiger charge is -2.16. The summed E-state index contributed by atoms with van der Waals surface area (Å²) in [6.45, 7) is 1.95. The van der Waals surface area contributed by atoms with Crippen LogP contribution in [0.5, 0.6) is 0 Å². The van der Waals surface area contributed by atoms with Gasteiger partial charge in [-0.1, -0.05) is 24.3 Å². The van der Waals surface area contributed by atoms with Gasteiger partial charge in [-0.05, 0) is 43.9 Å². The average Bonchev–Trinajstić information content (AvgIpc) is 2.86. The van der Waals surface area contributed by atoms with Crippen LogP contribution in [0.2, 0.25) is 0 Å². The Bertz CT molecular complexity index is 595. The van der Waals surface area contributed by atoms with E-state index in [2.05, 4.69) is 16.4 Å². The lowest BCUT2D eigenvalue weighted by Crippen LogP contribution is -2.10. The molecule has 2 nitrogen and oxygen atoms in total. The Morgan fingerprint density at radius 3 is 2.84 bits per heavy atom. The highest BCUT2D eigenvalue weighted by atomic mass is 19.1. The van der Waals surface area contributed by atoms with Crippen molar-refractivity contribution in [2.45, 2.75) is 32.2 Å². The minimum atomic E-state index is -0.177. The molecule has 1 aliphatic rings. The summed E-state index contributed by atoms with van der Waals surface area (Å²) < 4.78 is 13.7. The summed E-state index contributed by atoms with van der Waals surface area (Å²) in [5, 5.41) is 3.28. The molecule has 1 unspecified atom stereocenters. The smallest absolute Gasteiger partial charge is 0.128 e. The third kappa shape index (κ3) is 2.46. The lowest BCUT2D eigenvalue weighted by molar-refractivity contribution is 0.600. The molecule has 0 saturated heterocycles. The molecule has 0 amide bonds. The Hall–Kier alpha value is -1.90. The third-order valence-electron chi connectivity index (χ3n) is 3.66. The molecule has 0 aliphatic heterocycles. The summed E-state index contributed by atoms with van der Waals surface area (Å²) in [6, 6.07) is 10.9. The summed E-state index contributed by atoms with van der Waals surface area (Å²) in [5.41, 5.74) is 3.21. The van der Waals surface area contributed by atoms with Crippen molar-refractivity contribution in [3.63, 3.8) is 0 Å². The maximum atomic E-state index is 13.7. The number of nitrogens with zero attached hydrogens (tertiary/aromatic N) is 1. The van der Waals surface area contributed by atoms with Gasteiger partial charge < -0.3 is 5.32 Å². The molecule has 0 spiro atoms. The molecular formula is C16H17FN2. The predicted octanol–water partition coefficient (Wildman–Crippen LogP) is 3.88. The number of hydrogen-bond donors (Lipinski definition) is 1. The van der Waals surface area contributed by atoms with Gasteiger partial charge in [0, 0.05) is 11.3 Å². The first-order valence-electron chi connectivity index (χ1n) is 6.74. The maximum absolute atomic E-state index is 13.7. The Balaban J connectivity index is 1.80. The van der Waals surface area contributed by atoms with Crippen molar-refractivity contribution in [3.05, 3.63) is 59.0 Å². The fraction of sp³-hybridized carbons (Fsp3) is 0.312. The number of anilines is 1. The highest BCUT2D eigenvalue weighted by molar-refractivity contribution is 5.42. The van der Waals surface area contributed by atoms with E-state index in [-0.39, 0.29) is 11.9 Å². The molecule has 0 saturated carbocycles. The van der Waals surface area contributed by atoms with Crippen LogP contribution in [0.3, 0.4) is 0 Å². The standard InChI is InChI=1S/C16H17FN2/c1-11(13-6-2-3-7-14(13)17)18-16-10-9-12-5-4-8-15(12)19-16/h2-3,6-7,9-11H,4-5,8H2,1H3,(H,18,19). The number of aromatic nitrogens is 1. The van der Waals surface area contributed by atoms with Crippen molar-refractivity contribution in [1.82, 2.24) is 4.98 Å². The molecule has 98 valence electrons. The zero-order chi connectivity index (χ0) is 13.2. The van der Waals surface area contributed by atoms with E-state index < -0.39 is 0 Å². The van der Waals surface area contributed by atoms with Crippen molar-refractivity contribution < 1.29 is 4.39 Å². The van der Waals surface area contributed by atoms with Gasteiger partial charge in [0.1, 0.15) is 11.6 Å². The van der Waals surface area contributed by atoms with Gasteiger partial charge in [0.2, 0.25) is 0 Å². The number of rotatable bonds is 3. The molecule has 2 aromatic rings. The minimum Gasteiger partial charge on any atom is -0.363 e. The average molecular weight is 256 g/mol. The van der Waals surface area contributed by atoms with Crippen molar-refractivity contribution >= 4 is 5.82 Å². The number of halogens is 1. The van der Waals surface area contributed by atoms with Gasteiger partial charge in [0.25, 0.3) is 0 Å². The number of benzene rings is 1. The third-order valence-corrected chi connectivity index (χ3v) is 3.66. The van der Waals surface area contributed by atoms with Gasteiger partial charge in [0.05, 0.1) is 6.04 Å². The van der Waals surface area contributed by atoms with Crippen LogP contribution < -0.4 is 5.32 Å². The molecule has 0 radical (unpaired) electrons. The van der Waals surface area contributed by atoms with E-state index in [0.29, 0.717) is 5.56 Å². The van der Waals surface area contributed by atoms with Gasteiger partial charge in [-0.2, -0.15) is 0 Å². The van der Waals surface area contributed by atoms with E-state index in [9.17, 15) is 4.39 Å². The SMILES string of the molecule is CC(Nc1ccc2c(n1)CCC2)c1ccccc1F. The summed E-state index contributed by atoms with van der Waals surface area (Å²) in [6.07, 6.45) is 3.37. The minimum absolute atomic E-state index is 0.0897. The largest absolute Gasteiger partial charge is 0.363 e. The van der Waals surface area contributed by atoms with Crippen LogP contribution in [0.15, 0.2) is 36.4 Å². The molecule has 1 atom stereocenters. The van der Waals surface area contributed by atoms with Crippen molar-refractivity contribution in [2.75, 3.05) is 5.32 Å². The number of pyridine rings is 1. The second-order valence-corrected chi connectivity index (χ2v) is 5.04. The predicted molar refractivity (Wildman–Crippen MR) is 74.7 cm³/mol. The lowest BCUT2D eigenvalue weighted by atomic mass is 10.1. The Morgan fingerprint density at radius 1 is 1.16 bits per heavy atom. The van der Waals surface area contributed by atoms with E-state index in [1.54, 1.807) is 12.1 Å². The van der Waals surface area contributed by atoms with Crippen LogP contribution >= 0.6 is 0 Å². The summed E-state index contributed by atoms with van der Waals surface area (Å²) in [4.78, 5) is 4.61. The Labute approximate surface area is 112 Å². The zero-order valence-corrected chi connectivity index (χ0v) is 11.0. The number of hydrogen-bond acceptors (Lipinski definition) is 2. The maximum Gasteiger partial charge on any atom is 0.128 e. The molecule has 1 aromatic heterocycles.